The molecule has 0 aromatic carbocycles. The molecule has 1 fully saturated rings. The van der Waals surface area contributed by atoms with Gasteiger partial charge in [0, 0.05) is 6.54 Å². The minimum absolute atomic E-state index is 0.00859. The van der Waals surface area contributed by atoms with Gasteiger partial charge < -0.3 is 9.64 Å². The van der Waals surface area contributed by atoms with E-state index < -0.39 is 12.1 Å². The van der Waals surface area contributed by atoms with Crippen LogP contribution in [0.25, 0.3) is 0 Å². The van der Waals surface area contributed by atoms with E-state index in [0.29, 0.717) is 6.42 Å². The number of nitrogens with zero attached hydrogens (tertiary/aromatic N) is 1. The third kappa shape index (κ3) is 2.14. The molecule has 0 aromatic rings. The Bertz CT molecular complexity index is 300. The summed E-state index contributed by atoms with van der Waals surface area (Å²) in [6.45, 7) is 0.0925. The van der Waals surface area contributed by atoms with Crippen LogP contribution in [-0.2, 0) is 9.53 Å². The molecule has 0 aromatic heterocycles. The standard InChI is InChI=1S/C9H10F3NO2/c10-9(11,12)8(14)13-4-3-6-1-2-7(5-13)15-6/h1-2,6-7H,3-5H2. The first-order valence-corrected chi connectivity index (χ1v) is 4.67. The van der Waals surface area contributed by atoms with E-state index in [0.717, 1.165) is 4.90 Å². The summed E-state index contributed by atoms with van der Waals surface area (Å²) in [4.78, 5) is 11.8. The molecule has 2 aliphatic rings. The van der Waals surface area contributed by atoms with Gasteiger partial charge in [-0.25, -0.2) is 0 Å². The Morgan fingerprint density at radius 3 is 2.67 bits per heavy atom. The van der Waals surface area contributed by atoms with Gasteiger partial charge in [0.25, 0.3) is 0 Å². The van der Waals surface area contributed by atoms with Gasteiger partial charge in [-0.2, -0.15) is 13.2 Å². The largest absolute Gasteiger partial charge is 0.471 e. The lowest BCUT2D eigenvalue weighted by Crippen LogP contribution is -2.44. The van der Waals surface area contributed by atoms with Crippen molar-refractivity contribution in [1.82, 2.24) is 4.90 Å². The van der Waals surface area contributed by atoms with Gasteiger partial charge in [0.05, 0.1) is 18.8 Å². The van der Waals surface area contributed by atoms with Crippen molar-refractivity contribution in [2.75, 3.05) is 13.1 Å². The molecule has 0 aliphatic carbocycles. The highest BCUT2D eigenvalue weighted by atomic mass is 19.4. The Kier molecular flexibility index (Phi) is 2.46. The topological polar surface area (TPSA) is 29.5 Å². The van der Waals surface area contributed by atoms with E-state index in [9.17, 15) is 18.0 Å². The number of fused-ring (bicyclic) bond motifs is 2. The van der Waals surface area contributed by atoms with Crippen LogP contribution < -0.4 is 0 Å². The molecule has 0 N–H and O–H groups in total. The molecule has 1 amide bonds. The fourth-order valence-electron chi connectivity index (χ4n) is 1.79. The van der Waals surface area contributed by atoms with E-state index in [2.05, 4.69) is 0 Å². The lowest BCUT2D eigenvalue weighted by atomic mass is 10.2. The first kappa shape index (κ1) is 10.5. The number of carbonyl (C=O) groups excluding carboxylic acids is 1. The highest BCUT2D eigenvalue weighted by Gasteiger charge is 2.44. The van der Waals surface area contributed by atoms with Crippen molar-refractivity contribution in [1.29, 1.82) is 0 Å². The smallest absolute Gasteiger partial charge is 0.365 e. The van der Waals surface area contributed by atoms with Crippen molar-refractivity contribution in [2.24, 2.45) is 0 Å². The van der Waals surface area contributed by atoms with Crippen molar-refractivity contribution in [2.45, 2.75) is 24.8 Å². The zero-order valence-corrected chi connectivity index (χ0v) is 7.83. The van der Waals surface area contributed by atoms with E-state index in [1.165, 1.54) is 0 Å². The predicted molar refractivity (Wildman–Crippen MR) is 45.1 cm³/mol. The number of hydrogen-bond donors (Lipinski definition) is 0. The summed E-state index contributed by atoms with van der Waals surface area (Å²) in [5.41, 5.74) is 0. The van der Waals surface area contributed by atoms with Gasteiger partial charge in [-0.05, 0) is 6.42 Å². The van der Waals surface area contributed by atoms with Crippen LogP contribution >= 0.6 is 0 Å². The van der Waals surface area contributed by atoms with Gasteiger partial charge in [0.1, 0.15) is 0 Å². The van der Waals surface area contributed by atoms with Crippen LogP contribution in [0.15, 0.2) is 12.2 Å². The summed E-state index contributed by atoms with van der Waals surface area (Å²) in [6.07, 6.45) is -1.34. The number of hydrogen-bond acceptors (Lipinski definition) is 2. The molecular formula is C9H10F3NO2. The van der Waals surface area contributed by atoms with Crippen LogP contribution in [0.5, 0.6) is 0 Å². The molecule has 2 atom stereocenters. The third-order valence-electron chi connectivity index (χ3n) is 2.50. The Morgan fingerprint density at radius 1 is 1.33 bits per heavy atom. The molecule has 2 bridgehead atoms. The van der Waals surface area contributed by atoms with Gasteiger partial charge in [0.2, 0.25) is 0 Å². The molecule has 3 nitrogen and oxygen atoms in total. The Balaban J connectivity index is 2.06. The van der Waals surface area contributed by atoms with Crippen molar-refractivity contribution in [3.8, 4) is 0 Å². The third-order valence-corrected chi connectivity index (χ3v) is 2.50. The van der Waals surface area contributed by atoms with Gasteiger partial charge in [-0.1, -0.05) is 12.2 Å². The molecule has 2 aliphatic heterocycles. The maximum absolute atomic E-state index is 12.2. The molecular weight excluding hydrogens is 211 g/mol. The van der Waals surface area contributed by atoms with Crippen LogP contribution in [0.1, 0.15) is 6.42 Å². The Hall–Kier alpha value is -1.04. The zero-order chi connectivity index (χ0) is 11.1. The maximum Gasteiger partial charge on any atom is 0.471 e. The van der Waals surface area contributed by atoms with Gasteiger partial charge in [-0.3, -0.25) is 4.79 Å². The minimum atomic E-state index is -4.78. The van der Waals surface area contributed by atoms with Crippen molar-refractivity contribution in [3.05, 3.63) is 12.2 Å². The fourth-order valence-corrected chi connectivity index (χ4v) is 1.79. The van der Waals surface area contributed by atoms with E-state index in [4.69, 9.17) is 4.74 Å². The molecule has 2 rings (SSSR count). The SMILES string of the molecule is O=C(N1CCC2C=CC(C1)O2)C(F)(F)F. The lowest BCUT2D eigenvalue weighted by molar-refractivity contribution is -0.185. The van der Waals surface area contributed by atoms with Crippen LogP contribution in [-0.4, -0.2) is 42.3 Å². The molecule has 2 heterocycles. The van der Waals surface area contributed by atoms with Crippen molar-refractivity contribution >= 4 is 5.91 Å². The summed E-state index contributed by atoms with van der Waals surface area (Å²) in [7, 11) is 0. The molecule has 0 radical (unpaired) electrons. The van der Waals surface area contributed by atoms with Crippen LogP contribution in [0.3, 0.4) is 0 Å². The molecule has 15 heavy (non-hydrogen) atoms. The molecule has 84 valence electrons. The molecule has 0 saturated carbocycles. The number of amides is 1. The van der Waals surface area contributed by atoms with Crippen LogP contribution in [0.4, 0.5) is 13.2 Å². The van der Waals surface area contributed by atoms with Gasteiger partial charge in [-0.15, -0.1) is 0 Å². The molecule has 2 unspecified atom stereocenters. The summed E-state index contributed by atoms with van der Waals surface area (Å²) in [5, 5.41) is 0. The number of rotatable bonds is 0. The van der Waals surface area contributed by atoms with E-state index in [1.54, 1.807) is 6.08 Å². The second kappa shape index (κ2) is 3.52. The number of alkyl halides is 3. The van der Waals surface area contributed by atoms with E-state index in [-0.39, 0.29) is 25.3 Å². The molecule has 0 spiro atoms. The first-order chi connectivity index (χ1) is 6.97. The second-order valence-electron chi connectivity index (χ2n) is 3.64. The summed E-state index contributed by atoms with van der Waals surface area (Å²) < 4.78 is 41.8. The van der Waals surface area contributed by atoms with Crippen LogP contribution in [0, 0.1) is 0 Å². The average Bonchev–Trinajstić information content (AvgIpc) is 2.43. The minimum Gasteiger partial charge on any atom is -0.365 e. The lowest BCUT2D eigenvalue weighted by Gasteiger charge is -2.23. The normalized spacial score (nSPS) is 30.5. The quantitative estimate of drug-likeness (QED) is 0.573. The van der Waals surface area contributed by atoms with Gasteiger partial charge >= 0.3 is 12.1 Å². The highest BCUT2D eigenvalue weighted by molar-refractivity contribution is 5.82. The van der Waals surface area contributed by atoms with Crippen molar-refractivity contribution < 1.29 is 22.7 Å². The average molecular weight is 221 g/mol. The molecule has 1 saturated heterocycles. The van der Waals surface area contributed by atoms with Crippen molar-refractivity contribution in [3.63, 3.8) is 0 Å². The maximum atomic E-state index is 12.2. The van der Waals surface area contributed by atoms with E-state index >= 15 is 0 Å². The Labute approximate surface area is 84.5 Å². The number of halogens is 3. The highest BCUT2D eigenvalue weighted by Crippen LogP contribution is 2.24. The Morgan fingerprint density at radius 2 is 2.00 bits per heavy atom. The number of carbonyl (C=O) groups is 1. The predicted octanol–water partition coefficient (Wildman–Crippen LogP) is 1.10. The second-order valence-corrected chi connectivity index (χ2v) is 3.64. The van der Waals surface area contributed by atoms with Gasteiger partial charge in [0.15, 0.2) is 0 Å². The number of ether oxygens (including phenoxy) is 1. The zero-order valence-electron chi connectivity index (χ0n) is 7.83. The fraction of sp³-hybridized carbons (Fsp3) is 0.667. The monoisotopic (exact) mass is 221 g/mol. The van der Waals surface area contributed by atoms with E-state index in [1.807, 2.05) is 6.08 Å². The summed E-state index contributed by atoms with van der Waals surface area (Å²) >= 11 is 0. The first-order valence-electron chi connectivity index (χ1n) is 4.67. The summed E-state index contributed by atoms with van der Waals surface area (Å²) in [5.74, 6) is -1.77. The van der Waals surface area contributed by atoms with Crippen LogP contribution in [0.2, 0.25) is 0 Å². The summed E-state index contributed by atoms with van der Waals surface area (Å²) in [6, 6.07) is 0. The molecule has 6 heteroatoms.